The van der Waals surface area contributed by atoms with E-state index in [1.165, 1.54) is 44.9 Å². The van der Waals surface area contributed by atoms with Gasteiger partial charge in [0.15, 0.2) is 0 Å². The summed E-state index contributed by atoms with van der Waals surface area (Å²) in [6.07, 6.45) is 9.48. The average molecular weight is 265 g/mol. The minimum atomic E-state index is 0.116. The fourth-order valence-electron chi connectivity index (χ4n) is 4.99. The van der Waals surface area contributed by atoms with Crippen LogP contribution in [0, 0.1) is 29.1 Å². The van der Waals surface area contributed by atoms with Gasteiger partial charge in [0.05, 0.1) is 0 Å². The lowest BCUT2D eigenvalue weighted by Crippen LogP contribution is -2.59. The Morgan fingerprint density at radius 3 is 2.21 bits per heavy atom. The Hall–Kier alpha value is -0.0400. The highest BCUT2D eigenvalue weighted by Gasteiger charge is 2.49. The highest BCUT2D eigenvalue weighted by molar-refractivity contribution is 5.04. The lowest BCUT2D eigenvalue weighted by Gasteiger charge is -2.54. The van der Waals surface area contributed by atoms with Crippen LogP contribution in [0.2, 0.25) is 0 Å². The number of hydrogen-bond acceptors (Lipinski definition) is 1. The summed E-state index contributed by atoms with van der Waals surface area (Å²) in [4.78, 5) is 0. The van der Waals surface area contributed by atoms with Gasteiger partial charge in [-0.25, -0.2) is 0 Å². The number of nitrogens with two attached hydrogens (primary N) is 1. The van der Waals surface area contributed by atoms with Crippen molar-refractivity contribution in [3.63, 3.8) is 0 Å². The second-order valence-electron chi connectivity index (χ2n) is 8.74. The van der Waals surface area contributed by atoms with Crippen molar-refractivity contribution in [1.82, 2.24) is 0 Å². The van der Waals surface area contributed by atoms with Crippen molar-refractivity contribution >= 4 is 0 Å². The summed E-state index contributed by atoms with van der Waals surface area (Å²) in [7, 11) is 0. The number of rotatable bonds is 1. The monoisotopic (exact) mass is 265 g/mol. The van der Waals surface area contributed by atoms with Crippen LogP contribution in [-0.4, -0.2) is 5.54 Å². The van der Waals surface area contributed by atoms with Gasteiger partial charge in [-0.3, -0.25) is 0 Å². The topological polar surface area (TPSA) is 26.0 Å². The molecule has 0 amide bonds. The molecule has 0 bridgehead atoms. The van der Waals surface area contributed by atoms with E-state index in [2.05, 4.69) is 34.6 Å². The first-order valence-corrected chi connectivity index (χ1v) is 8.54. The molecule has 0 radical (unpaired) electrons. The second-order valence-corrected chi connectivity index (χ2v) is 8.74. The first-order chi connectivity index (χ1) is 8.75. The second kappa shape index (κ2) is 5.39. The van der Waals surface area contributed by atoms with Crippen molar-refractivity contribution < 1.29 is 0 Å². The van der Waals surface area contributed by atoms with Crippen molar-refractivity contribution in [2.45, 2.75) is 85.1 Å². The summed E-state index contributed by atoms with van der Waals surface area (Å²) in [5.74, 6) is 3.24. The van der Waals surface area contributed by atoms with Gasteiger partial charge in [0.1, 0.15) is 0 Å². The minimum absolute atomic E-state index is 0.116. The van der Waals surface area contributed by atoms with E-state index in [4.69, 9.17) is 5.73 Å². The molecule has 5 unspecified atom stereocenters. The lowest BCUT2D eigenvalue weighted by atomic mass is 9.55. The molecule has 112 valence electrons. The summed E-state index contributed by atoms with van der Waals surface area (Å²) in [5, 5.41) is 0. The molecule has 2 aliphatic rings. The standard InChI is InChI=1S/C18H35N/c1-13-9-10-15(12-14(13)2)18(19)11-7-6-8-16(18)17(3,4)5/h13-16H,6-12,19H2,1-5H3. The molecule has 2 rings (SSSR count). The molecule has 2 fully saturated rings. The summed E-state index contributed by atoms with van der Waals surface area (Å²) in [5.41, 5.74) is 7.55. The van der Waals surface area contributed by atoms with Crippen LogP contribution in [0.25, 0.3) is 0 Å². The molecule has 0 heterocycles. The van der Waals surface area contributed by atoms with Crippen LogP contribution < -0.4 is 5.73 Å². The molecule has 19 heavy (non-hydrogen) atoms. The Balaban J connectivity index is 2.18. The average Bonchev–Trinajstić information content (AvgIpc) is 2.31. The molecule has 0 aliphatic heterocycles. The quantitative estimate of drug-likeness (QED) is 0.710. The normalized spacial score (nSPS) is 45.2. The maximum absolute atomic E-state index is 7.07. The van der Waals surface area contributed by atoms with Crippen molar-refractivity contribution in [2.75, 3.05) is 0 Å². The maximum atomic E-state index is 7.07. The predicted molar refractivity (Wildman–Crippen MR) is 84.0 cm³/mol. The Morgan fingerprint density at radius 1 is 0.947 bits per heavy atom. The molecule has 2 saturated carbocycles. The zero-order valence-electron chi connectivity index (χ0n) is 13.8. The summed E-state index contributed by atoms with van der Waals surface area (Å²) in [6, 6.07) is 0. The van der Waals surface area contributed by atoms with Gasteiger partial charge in [-0.1, -0.05) is 53.9 Å². The minimum Gasteiger partial charge on any atom is -0.325 e. The third kappa shape index (κ3) is 3.01. The highest BCUT2D eigenvalue weighted by Crippen LogP contribution is 2.51. The van der Waals surface area contributed by atoms with E-state index < -0.39 is 0 Å². The van der Waals surface area contributed by atoms with E-state index in [0.717, 1.165) is 17.8 Å². The van der Waals surface area contributed by atoms with Gasteiger partial charge < -0.3 is 5.73 Å². The molecule has 0 spiro atoms. The Kier molecular flexibility index (Phi) is 4.35. The van der Waals surface area contributed by atoms with Crippen molar-refractivity contribution in [3.8, 4) is 0 Å². The Labute approximate surface area is 120 Å². The third-order valence-corrected chi connectivity index (χ3v) is 6.40. The molecule has 0 aromatic rings. The van der Waals surface area contributed by atoms with Crippen molar-refractivity contribution in [2.24, 2.45) is 34.8 Å². The van der Waals surface area contributed by atoms with Crippen LogP contribution in [-0.2, 0) is 0 Å². The van der Waals surface area contributed by atoms with Crippen LogP contribution >= 0.6 is 0 Å². The molecule has 5 atom stereocenters. The van der Waals surface area contributed by atoms with E-state index in [1.807, 2.05) is 0 Å². The Morgan fingerprint density at radius 2 is 1.63 bits per heavy atom. The summed E-state index contributed by atoms with van der Waals surface area (Å²) in [6.45, 7) is 12.1. The van der Waals surface area contributed by atoms with Crippen LogP contribution in [0.5, 0.6) is 0 Å². The van der Waals surface area contributed by atoms with Crippen molar-refractivity contribution in [3.05, 3.63) is 0 Å². The lowest BCUT2D eigenvalue weighted by molar-refractivity contribution is 0.00633. The van der Waals surface area contributed by atoms with Gasteiger partial charge in [-0.15, -0.1) is 0 Å². The van der Waals surface area contributed by atoms with Gasteiger partial charge >= 0.3 is 0 Å². The molecular weight excluding hydrogens is 230 g/mol. The molecule has 1 heteroatoms. The summed E-state index contributed by atoms with van der Waals surface area (Å²) >= 11 is 0. The first-order valence-electron chi connectivity index (χ1n) is 8.54. The van der Waals surface area contributed by atoms with Gasteiger partial charge in [-0.2, -0.15) is 0 Å². The molecule has 1 nitrogen and oxygen atoms in total. The van der Waals surface area contributed by atoms with Crippen LogP contribution in [0.15, 0.2) is 0 Å². The molecule has 2 aliphatic carbocycles. The predicted octanol–water partition coefficient (Wildman–Crippen LogP) is 4.99. The third-order valence-electron chi connectivity index (χ3n) is 6.40. The number of hydrogen-bond donors (Lipinski definition) is 1. The molecule has 0 aromatic carbocycles. The smallest absolute Gasteiger partial charge is 0.0216 e. The fourth-order valence-corrected chi connectivity index (χ4v) is 4.99. The molecule has 0 aromatic heterocycles. The zero-order chi connectivity index (χ0) is 14.3. The Bertz CT molecular complexity index is 303. The van der Waals surface area contributed by atoms with Gasteiger partial charge in [0, 0.05) is 5.54 Å². The molecule has 0 saturated heterocycles. The summed E-state index contributed by atoms with van der Waals surface area (Å²) < 4.78 is 0. The first kappa shape index (κ1) is 15.4. The fraction of sp³-hybridized carbons (Fsp3) is 1.00. The maximum Gasteiger partial charge on any atom is 0.0216 e. The van der Waals surface area contributed by atoms with Crippen LogP contribution in [0.3, 0.4) is 0 Å². The molecular formula is C18H35N. The largest absolute Gasteiger partial charge is 0.325 e. The van der Waals surface area contributed by atoms with E-state index in [9.17, 15) is 0 Å². The molecule has 2 N–H and O–H groups in total. The van der Waals surface area contributed by atoms with E-state index in [-0.39, 0.29) is 5.54 Å². The van der Waals surface area contributed by atoms with Crippen LogP contribution in [0.1, 0.15) is 79.6 Å². The van der Waals surface area contributed by atoms with Crippen LogP contribution in [0.4, 0.5) is 0 Å². The highest BCUT2D eigenvalue weighted by atomic mass is 14.8. The zero-order valence-corrected chi connectivity index (χ0v) is 13.8. The van der Waals surface area contributed by atoms with Gasteiger partial charge in [0.2, 0.25) is 0 Å². The van der Waals surface area contributed by atoms with E-state index in [1.54, 1.807) is 0 Å². The van der Waals surface area contributed by atoms with E-state index >= 15 is 0 Å². The SMILES string of the molecule is CC1CCC(C2(N)CCCCC2C(C)(C)C)CC1C. The van der Waals surface area contributed by atoms with Gasteiger partial charge in [0.25, 0.3) is 0 Å². The van der Waals surface area contributed by atoms with Crippen molar-refractivity contribution in [1.29, 1.82) is 0 Å². The van der Waals surface area contributed by atoms with E-state index in [0.29, 0.717) is 11.3 Å². The van der Waals surface area contributed by atoms with Gasteiger partial charge in [-0.05, 0) is 54.8 Å².